The Labute approximate surface area is 253 Å². The van der Waals surface area contributed by atoms with Gasteiger partial charge in [-0.1, -0.05) is 56.3 Å². The number of hydrogen-bond acceptors (Lipinski definition) is 9. The second kappa shape index (κ2) is 12.2. The molecule has 1 aliphatic rings. The van der Waals surface area contributed by atoms with Gasteiger partial charge in [0, 0.05) is 34.8 Å². The zero-order chi connectivity index (χ0) is 30.1. The van der Waals surface area contributed by atoms with Gasteiger partial charge in [0.15, 0.2) is 15.8 Å². The van der Waals surface area contributed by atoms with Crippen molar-refractivity contribution < 1.29 is 28.9 Å². The molecule has 2 atom stereocenters. The van der Waals surface area contributed by atoms with E-state index in [0.717, 1.165) is 28.9 Å². The van der Waals surface area contributed by atoms with Crippen LogP contribution in [0, 0.1) is 5.41 Å². The number of amides is 1. The fraction of sp³-hybridized carbons (Fsp3) is 0.448. The average Bonchev–Trinajstić information content (AvgIpc) is 3.30. The molecular formula is C29H34ClN3O6S2. The van der Waals surface area contributed by atoms with Crippen LogP contribution in [0.2, 0.25) is 5.02 Å². The van der Waals surface area contributed by atoms with Crippen molar-refractivity contribution in [2.24, 2.45) is 5.41 Å². The molecule has 1 amide bonds. The Balaban J connectivity index is 1.82. The van der Waals surface area contributed by atoms with E-state index in [9.17, 15) is 14.7 Å². The van der Waals surface area contributed by atoms with Gasteiger partial charge in [0.1, 0.15) is 22.8 Å². The molecule has 4 rings (SSSR count). The van der Waals surface area contributed by atoms with Gasteiger partial charge in [0.05, 0.1) is 14.2 Å². The Kier molecular flexibility index (Phi) is 9.22. The molecule has 0 aliphatic carbocycles. The van der Waals surface area contributed by atoms with Crippen molar-refractivity contribution in [3.8, 4) is 11.5 Å². The molecule has 3 aromatic rings. The zero-order valence-corrected chi connectivity index (χ0v) is 26.4. The monoisotopic (exact) mass is 619 g/mol. The molecule has 0 spiro atoms. The van der Waals surface area contributed by atoms with Crippen molar-refractivity contribution in [1.29, 1.82) is 0 Å². The molecule has 41 heavy (non-hydrogen) atoms. The standard InChI is InChI=1S/C29H34ClN3O6S2/c1-28(2,3)15-33-19-12-11-16(30)13-18(19)23(17-9-8-10-20(37-6)24(17)38-7)39-21(25(33)34)14-22-31-27(41-32-22)40-29(4,5)26(35)36/h8-13,21,23H,14-15H2,1-7H3,(H,35,36)/t21-,23-/m1/s1. The summed E-state index contributed by atoms with van der Waals surface area (Å²) in [6.07, 6.45) is -1.59. The Hall–Kier alpha value is -2.86. The van der Waals surface area contributed by atoms with Gasteiger partial charge in [-0.15, -0.1) is 0 Å². The number of ether oxygens (including phenoxy) is 3. The summed E-state index contributed by atoms with van der Waals surface area (Å²) in [5.41, 5.74) is 1.86. The SMILES string of the molecule is COc1cccc([C@H]2O[C@H](Cc3nsc(SC(C)(C)C(=O)O)n3)C(=O)N(CC(C)(C)C)c3ccc(Cl)cc32)c1OC. The van der Waals surface area contributed by atoms with Gasteiger partial charge in [0.2, 0.25) is 0 Å². The molecule has 0 bridgehead atoms. The van der Waals surface area contributed by atoms with Crippen molar-refractivity contribution in [3.63, 3.8) is 0 Å². The summed E-state index contributed by atoms with van der Waals surface area (Å²) < 4.78 is 21.8. The summed E-state index contributed by atoms with van der Waals surface area (Å²) in [6.45, 7) is 9.84. The number of rotatable bonds is 9. The second-order valence-electron chi connectivity index (χ2n) is 11.4. The highest BCUT2D eigenvalue weighted by Gasteiger charge is 2.40. The number of aliphatic carboxylic acids is 1. The van der Waals surface area contributed by atoms with Crippen LogP contribution in [0.3, 0.4) is 0 Å². The lowest BCUT2D eigenvalue weighted by Gasteiger charge is -2.31. The van der Waals surface area contributed by atoms with Crippen molar-refractivity contribution in [3.05, 3.63) is 58.4 Å². The molecule has 2 heterocycles. The molecular weight excluding hydrogens is 586 g/mol. The van der Waals surface area contributed by atoms with Gasteiger partial charge < -0.3 is 24.2 Å². The number of para-hydroxylation sites is 1. The van der Waals surface area contributed by atoms with E-state index in [1.807, 2.05) is 24.3 Å². The first-order valence-electron chi connectivity index (χ1n) is 13.0. The summed E-state index contributed by atoms with van der Waals surface area (Å²) in [4.78, 5) is 32.1. The molecule has 2 aromatic carbocycles. The molecule has 0 saturated carbocycles. The first kappa shape index (κ1) is 31.1. The third kappa shape index (κ3) is 6.97. The van der Waals surface area contributed by atoms with Crippen LogP contribution < -0.4 is 14.4 Å². The number of nitrogens with zero attached hydrogens (tertiary/aromatic N) is 3. The van der Waals surface area contributed by atoms with Crippen LogP contribution in [0.5, 0.6) is 11.5 Å². The van der Waals surface area contributed by atoms with E-state index in [1.54, 1.807) is 45.1 Å². The van der Waals surface area contributed by atoms with Crippen LogP contribution in [0.1, 0.15) is 57.7 Å². The second-order valence-corrected chi connectivity index (χ2v) is 14.4. The van der Waals surface area contributed by atoms with Gasteiger partial charge >= 0.3 is 5.97 Å². The number of hydrogen-bond donors (Lipinski definition) is 1. The molecule has 12 heteroatoms. The first-order valence-corrected chi connectivity index (χ1v) is 14.9. The topological polar surface area (TPSA) is 111 Å². The summed E-state index contributed by atoms with van der Waals surface area (Å²) in [6, 6.07) is 10.9. The highest BCUT2D eigenvalue weighted by Crippen LogP contribution is 2.45. The quantitative estimate of drug-likeness (QED) is 0.277. The minimum atomic E-state index is -1.08. The summed E-state index contributed by atoms with van der Waals surface area (Å²) in [5.74, 6) is 0.226. The van der Waals surface area contributed by atoms with E-state index < -0.39 is 22.9 Å². The van der Waals surface area contributed by atoms with Crippen LogP contribution in [-0.4, -0.2) is 58.0 Å². The largest absolute Gasteiger partial charge is 0.493 e. The lowest BCUT2D eigenvalue weighted by atomic mass is 9.94. The number of carbonyl (C=O) groups excluding carboxylic acids is 1. The highest BCUT2D eigenvalue weighted by molar-refractivity contribution is 8.02. The fourth-order valence-electron chi connectivity index (χ4n) is 4.49. The molecule has 0 unspecified atom stereocenters. The molecule has 0 fully saturated rings. The number of carbonyl (C=O) groups is 2. The first-order chi connectivity index (χ1) is 19.2. The Morgan fingerprint density at radius 2 is 1.88 bits per heavy atom. The number of methoxy groups -OCH3 is 2. The summed E-state index contributed by atoms with van der Waals surface area (Å²) >= 11 is 8.71. The van der Waals surface area contributed by atoms with Crippen LogP contribution in [0.4, 0.5) is 5.69 Å². The highest BCUT2D eigenvalue weighted by atomic mass is 35.5. The smallest absolute Gasteiger partial charge is 0.319 e. The molecule has 1 N–H and O–H groups in total. The maximum atomic E-state index is 14.2. The van der Waals surface area contributed by atoms with Gasteiger partial charge in [-0.25, -0.2) is 4.98 Å². The van der Waals surface area contributed by atoms with Gasteiger partial charge in [0.25, 0.3) is 5.91 Å². The lowest BCUT2D eigenvalue weighted by Crippen LogP contribution is -2.44. The fourth-order valence-corrected chi connectivity index (χ4v) is 6.68. The number of anilines is 1. The van der Waals surface area contributed by atoms with Crippen LogP contribution in [0.25, 0.3) is 0 Å². The Morgan fingerprint density at radius 1 is 1.15 bits per heavy atom. The van der Waals surface area contributed by atoms with Crippen LogP contribution in [0.15, 0.2) is 40.7 Å². The number of aromatic nitrogens is 2. The summed E-state index contributed by atoms with van der Waals surface area (Å²) in [5, 5.41) is 10.0. The lowest BCUT2D eigenvalue weighted by molar-refractivity contribution is -0.138. The molecule has 9 nitrogen and oxygen atoms in total. The van der Waals surface area contributed by atoms with Gasteiger partial charge in [-0.3, -0.25) is 9.59 Å². The molecule has 220 valence electrons. The Bertz CT molecular complexity index is 1440. The van der Waals surface area contributed by atoms with Crippen LogP contribution in [-0.2, 0) is 20.7 Å². The summed E-state index contributed by atoms with van der Waals surface area (Å²) in [7, 11) is 3.12. The normalized spacial score (nSPS) is 17.7. The third-order valence-electron chi connectivity index (χ3n) is 6.43. The van der Waals surface area contributed by atoms with E-state index in [2.05, 4.69) is 30.1 Å². The number of halogens is 1. The van der Waals surface area contributed by atoms with Crippen molar-refractivity contribution in [1.82, 2.24) is 9.36 Å². The van der Waals surface area contributed by atoms with E-state index >= 15 is 0 Å². The zero-order valence-electron chi connectivity index (χ0n) is 24.1. The average molecular weight is 620 g/mol. The van der Waals surface area contributed by atoms with Gasteiger partial charge in [-0.05, 0) is 55.1 Å². The van der Waals surface area contributed by atoms with Crippen LogP contribution >= 0.6 is 34.9 Å². The van der Waals surface area contributed by atoms with Crippen molar-refractivity contribution in [2.75, 3.05) is 25.7 Å². The van der Waals surface area contributed by atoms with Crippen molar-refractivity contribution in [2.45, 2.75) is 62.3 Å². The van der Waals surface area contributed by atoms with Gasteiger partial charge in [-0.2, -0.15) is 4.37 Å². The molecule has 0 saturated heterocycles. The molecule has 1 aromatic heterocycles. The molecule has 0 radical (unpaired) electrons. The van der Waals surface area contributed by atoms with E-state index in [4.69, 9.17) is 25.8 Å². The third-order valence-corrected chi connectivity index (χ3v) is 8.64. The predicted octanol–water partition coefficient (Wildman–Crippen LogP) is 6.27. The number of fused-ring (bicyclic) bond motifs is 1. The number of carboxylic acids is 1. The van der Waals surface area contributed by atoms with E-state index in [0.29, 0.717) is 44.5 Å². The number of benzene rings is 2. The molecule has 1 aliphatic heterocycles. The maximum absolute atomic E-state index is 14.2. The maximum Gasteiger partial charge on any atom is 0.319 e. The van der Waals surface area contributed by atoms with Crippen molar-refractivity contribution >= 4 is 52.5 Å². The predicted molar refractivity (Wildman–Crippen MR) is 161 cm³/mol. The van der Waals surface area contributed by atoms with E-state index in [-0.39, 0.29) is 17.7 Å². The number of thioether (sulfide) groups is 1. The Morgan fingerprint density at radius 3 is 2.51 bits per heavy atom. The number of carboxylic acid groups (broad SMARTS) is 1. The minimum absolute atomic E-state index is 0.0918. The van der Waals surface area contributed by atoms with E-state index in [1.165, 1.54) is 0 Å². The minimum Gasteiger partial charge on any atom is -0.493 e.